The molecular weight excluding hydrogens is 296 g/mol. The van der Waals surface area contributed by atoms with Gasteiger partial charge in [-0.2, -0.15) is 0 Å². The Labute approximate surface area is 111 Å². The van der Waals surface area contributed by atoms with Crippen LogP contribution >= 0.6 is 15.2 Å². The van der Waals surface area contributed by atoms with Crippen LogP contribution in [0.5, 0.6) is 0 Å². The predicted molar refractivity (Wildman–Crippen MR) is 68.5 cm³/mol. The first kappa shape index (κ1) is 17.3. The van der Waals surface area contributed by atoms with Crippen molar-refractivity contribution < 1.29 is 33.8 Å². The van der Waals surface area contributed by atoms with Crippen LogP contribution in [0.3, 0.4) is 0 Å². The summed E-state index contributed by atoms with van der Waals surface area (Å²) in [5.74, 6) is 0. The standard InChI is InChI=1S/C9H21NO7P2/c1-8(2)3-5-10(7-8)6-4-9(11,18(12,13)14)19(15,16)17/h11H,3-7H2,1-2H3,(H2,12,13,14)(H2,15,16,17). The summed E-state index contributed by atoms with van der Waals surface area (Å²) in [6.07, 6.45) is 0.217. The lowest BCUT2D eigenvalue weighted by atomic mass is 9.93. The van der Waals surface area contributed by atoms with Gasteiger partial charge < -0.3 is 29.6 Å². The van der Waals surface area contributed by atoms with Crippen molar-refractivity contribution in [2.75, 3.05) is 19.6 Å². The minimum Gasteiger partial charge on any atom is -0.367 e. The van der Waals surface area contributed by atoms with Crippen LogP contribution in [0.25, 0.3) is 0 Å². The summed E-state index contributed by atoms with van der Waals surface area (Å²) in [7, 11) is -10.7. The van der Waals surface area contributed by atoms with Gasteiger partial charge in [-0.25, -0.2) is 0 Å². The molecule has 0 aromatic rings. The van der Waals surface area contributed by atoms with Crippen molar-refractivity contribution in [1.29, 1.82) is 0 Å². The van der Waals surface area contributed by atoms with Gasteiger partial charge >= 0.3 is 15.2 Å². The summed E-state index contributed by atoms with van der Waals surface area (Å²) in [5, 5.41) is 6.42. The highest BCUT2D eigenvalue weighted by Gasteiger charge is 2.59. The van der Waals surface area contributed by atoms with Crippen LogP contribution in [-0.4, -0.2) is 54.3 Å². The van der Waals surface area contributed by atoms with Gasteiger partial charge in [-0.15, -0.1) is 0 Å². The zero-order valence-electron chi connectivity index (χ0n) is 10.9. The van der Waals surface area contributed by atoms with Crippen LogP contribution in [0.1, 0.15) is 26.7 Å². The number of hydrogen-bond donors (Lipinski definition) is 5. The van der Waals surface area contributed by atoms with E-state index in [0.29, 0.717) is 13.1 Å². The Kier molecular flexibility index (Phi) is 4.73. The Morgan fingerprint density at radius 1 is 1.16 bits per heavy atom. The van der Waals surface area contributed by atoms with Crippen molar-refractivity contribution in [2.24, 2.45) is 5.41 Å². The van der Waals surface area contributed by atoms with Crippen molar-refractivity contribution in [3.63, 3.8) is 0 Å². The van der Waals surface area contributed by atoms with E-state index in [9.17, 15) is 14.2 Å². The lowest BCUT2D eigenvalue weighted by Crippen LogP contribution is -2.35. The fourth-order valence-corrected chi connectivity index (χ4v) is 4.32. The molecule has 1 rings (SSSR count). The normalized spacial score (nSPS) is 21.8. The maximum absolute atomic E-state index is 11.2. The molecule has 0 atom stereocenters. The van der Waals surface area contributed by atoms with E-state index in [0.717, 1.165) is 6.42 Å². The van der Waals surface area contributed by atoms with E-state index in [4.69, 9.17) is 19.6 Å². The van der Waals surface area contributed by atoms with Crippen LogP contribution in [0.15, 0.2) is 0 Å². The molecule has 8 nitrogen and oxygen atoms in total. The van der Waals surface area contributed by atoms with Crippen LogP contribution in [0.4, 0.5) is 0 Å². The van der Waals surface area contributed by atoms with Gasteiger partial charge in [0.2, 0.25) is 0 Å². The zero-order chi connectivity index (χ0) is 15.1. The van der Waals surface area contributed by atoms with Crippen LogP contribution in [-0.2, 0) is 9.13 Å². The molecule has 10 heteroatoms. The molecule has 1 heterocycles. The molecular formula is C9H21NO7P2. The Balaban J connectivity index is 2.77. The van der Waals surface area contributed by atoms with E-state index in [1.54, 1.807) is 0 Å². The third-order valence-corrected chi connectivity index (χ3v) is 7.33. The van der Waals surface area contributed by atoms with Crippen LogP contribution in [0, 0.1) is 5.41 Å². The topological polar surface area (TPSA) is 139 Å². The average Bonchev–Trinajstić information content (AvgIpc) is 2.51. The lowest BCUT2D eigenvalue weighted by molar-refractivity contribution is 0.110. The highest BCUT2D eigenvalue weighted by Crippen LogP contribution is 2.68. The van der Waals surface area contributed by atoms with E-state index in [-0.39, 0.29) is 12.0 Å². The molecule has 0 aromatic carbocycles. The van der Waals surface area contributed by atoms with Gasteiger partial charge in [0.1, 0.15) is 0 Å². The summed E-state index contributed by atoms with van der Waals surface area (Å²) in [6.45, 7) is 5.42. The molecule has 0 bridgehead atoms. The van der Waals surface area contributed by atoms with Gasteiger partial charge in [-0.1, -0.05) is 13.8 Å². The van der Waals surface area contributed by atoms with Crippen LogP contribution in [0.2, 0.25) is 0 Å². The van der Waals surface area contributed by atoms with Gasteiger partial charge in [0.25, 0.3) is 5.08 Å². The molecule has 0 amide bonds. The molecule has 0 aliphatic carbocycles. The Hall–Kier alpha value is 0.220. The molecule has 0 aromatic heterocycles. The van der Waals surface area contributed by atoms with Crippen molar-refractivity contribution in [3.8, 4) is 0 Å². The minimum atomic E-state index is -5.33. The van der Waals surface area contributed by atoms with E-state index < -0.39 is 26.7 Å². The van der Waals surface area contributed by atoms with Gasteiger partial charge in [-0.3, -0.25) is 9.13 Å². The fourth-order valence-electron chi connectivity index (χ4n) is 2.18. The smallest absolute Gasteiger partial charge is 0.367 e. The summed E-state index contributed by atoms with van der Waals surface area (Å²) in [5.41, 5.74) is 0.0579. The van der Waals surface area contributed by atoms with E-state index >= 15 is 0 Å². The van der Waals surface area contributed by atoms with Crippen molar-refractivity contribution >= 4 is 15.2 Å². The van der Waals surface area contributed by atoms with Crippen molar-refractivity contribution in [3.05, 3.63) is 0 Å². The highest BCUT2D eigenvalue weighted by molar-refractivity contribution is 7.72. The quantitative estimate of drug-likeness (QED) is 0.450. The molecule has 0 spiro atoms. The number of likely N-dealkylation sites (tertiary alicyclic amines) is 1. The summed E-state index contributed by atoms with van der Waals surface area (Å²) in [4.78, 5) is 37.8. The first-order chi connectivity index (χ1) is 8.29. The van der Waals surface area contributed by atoms with Gasteiger partial charge in [0, 0.05) is 19.5 Å². The number of nitrogens with zero attached hydrogens (tertiary/aromatic N) is 1. The number of hydrogen-bond acceptors (Lipinski definition) is 4. The first-order valence-corrected chi connectivity index (χ1v) is 9.07. The molecule has 1 aliphatic rings. The van der Waals surface area contributed by atoms with E-state index in [2.05, 4.69) is 0 Å². The number of rotatable bonds is 5. The average molecular weight is 317 g/mol. The molecule has 1 aliphatic heterocycles. The lowest BCUT2D eigenvalue weighted by Gasteiger charge is -2.31. The molecule has 5 N–H and O–H groups in total. The maximum atomic E-state index is 11.2. The predicted octanol–water partition coefficient (Wildman–Crippen LogP) is 0.110. The minimum absolute atomic E-state index is 0.0240. The molecule has 0 saturated carbocycles. The molecule has 1 fully saturated rings. The summed E-state index contributed by atoms with van der Waals surface area (Å²) < 4.78 is 22.3. The zero-order valence-corrected chi connectivity index (χ0v) is 12.7. The molecule has 114 valence electrons. The first-order valence-electron chi connectivity index (χ1n) is 5.85. The van der Waals surface area contributed by atoms with Crippen molar-refractivity contribution in [2.45, 2.75) is 31.8 Å². The third kappa shape index (κ3) is 3.86. The van der Waals surface area contributed by atoms with Gasteiger partial charge in [0.15, 0.2) is 0 Å². The second kappa shape index (κ2) is 5.20. The number of aliphatic hydroxyl groups is 1. The molecule has 1 saturated heterocycles. The van der Waals surface area contributed by atoms with Crippen molar-refractivity contribution in [1.82, 2.24) is 4.90 Å². The fraction of sp³-hybridized carbons (Fsp3) is 1.00. The monoisotopic (exact) mass is 317 g/mol. The molecule has 19 heavy (non-hydrogen) atoms. The second-order valence-electron chi connectivity index (χ2n) is 5.80. The Bertz CT molecular complexity index is 404. The van der Waals surface area contributed by atoms with Gasteiger partial charge in [0.05, 0.1) is 0 Å². The summed E-state index contributed by atoms with van der Waals surface area (Å²) >= 11 is 0. The van der Waals surface area contributed by atoms with E-state index in [1.165, 1.54) is 0 Å². The largest absolute Gasteiger partial charge is 0.369 e. The maximum Gasteiger partial charge on any atom is 0.369 e. The third-order valence-electron chi connectivity index (χ3n) is 3.45. The molecule has 0 unspecified atom stereocenters. The second-order valence-corrected chi connectivity index (χ2v) is 9.81. The van der Waals surface area contributed by atoms with E-state index in [1.807, 2.05) is 18.7 Å². The SMILES string of the molecule is CC1(C)CCN(CCC(O)(P(=O)(O)O)P(=O)(O)O)C1. The van der Waals surface area contributed by atoms with Crippen LogP contribution < -0.4 is 0 Å². The Morgan fingerprint density at radius 2 is 1.63 bits per heavy atom. The summed E-state index contributed by atoms with van der Waals surface area (Å²) in [6, 6.07) is 0. The Morgan fingerprint density at radius 3 is 1.95 bits per heavy atom. The highest BCUT2D eigenvalue weighted by atomic mass is 31.2. The molecule has 0 radical (unpaired) electrons. The van der Waals surface area contributed by atoms with Gasteiger partial charge in [-0.05, 0) is 18.4 Å².